The Labute approximate surface area is 218 Å². The molecule has 0 aliphatic rings. The van der Waals surface area contributed by atoms with Gasteiger partial charge in [0.2, 0.25) is 0 Å². The van der Waals surface area contributed by atoms with Crippen LogP contribution in [0.2, 0.25) is 5.02 Å². The predicted octanol–water partition coefficient (Wildman–Crippen LogP) is 4.77. The Morgan fingerprint density at radius 3 is 2.65 bits per heavy atom. The molecule has 0 fully saturated rings. The standard InChI is InChI=1S/C28H26ClN3O5/c1-36-26-14-18(11-13-27(33)32-35)10-12-25(26)37-17-20(31-28(34)22-7-2-4-8-23(22)29)15-19-16-30-24-9-5-3-6-21(19)24/h2-14,16,20,30,35H,15,17H2,1H3,(H,31,34)(H,32,33)/b13-11+/t20-/m0/s1. The first kappa shape index (κ1) is 25.8. The average Bonchev–Trinajstić information content (AvgIpc) is 3.33. The summed E-state index contributed by atoms with van der Waals surface area (Å²) in [5, 5.41) is 13.1. The monoisotopic (exact) mass is 519 g/mol. The van der Waals surface area contributed by atoms with Crippen molar-refractivity contribution >= 4 is 40.4 Å². The molecule has 0 saturated heterocycles. The van der Waals surface area contributed by atoms with Crippen molar-refractivity contribution in [1.29, 1.82) is 0 Å². The third-order valence-electron chi connectivity index (χ3n) is 5.76. The first-order valence-corrected chi connectivity index (χ1v) is 11.9. The number of ether oxygens (including phenoxy) is 2. The smallest absolute Gasteiger partial charge is 0.267 e. The molecule has 0 radical (unpaired) electrons. The minimum atomic E-state index is -0.645. The normalized spacial score (nSPS) is 11.9. The van der Waals surface area contributed by atoms with Gasteiger partial charge in [-0.1, -0.05) is 48.0 Å². The number of aromatic nitrogens is 1. The van der Waals surface area contributed by atoms with Gasteiger partial charge in [0.05, 0.1) is 23.7 Å². The molecule has 9 heteroatoms. The molecule has 4 aromatic rings. The van der Waals surface area contributed by atoms with Crippen molar-refractivity contribution in [2.24, 2.45) is 0 Å². The van der Waals surface area contributed by atoms with Crippen LogP contribution in [-0.4, -0.2) is 41.8 Å². The summed E-state index contributed by atoms with van der Waals surface area (Å²) in [7, 11) is 1.51. The highest BCUT2D eigenvalue weighted by atomic mass is 35.5. The van der Waals surface area contributed by atoms with E-state index in [2.05, 4.69) is 10.3 Å². The number of hydrogen-bond donors (Lipinski definition) is 4. The van der Waals surface area contributed by atoms with E-state index in [0.717, 1.165) is 16.5 Å². The quantitative estimate of drug-likeness (QED) is 0.137. The van der Waals surface area contributed by atoms with Gasteiger partial charge in [-0.05, 0) is 54.0 Å². The lowest BCUT2D eigenvalue weighted by atomic mass is 10.0. The van der Waals surface area contributed by atoms with Crippen molar-refractivity contribution in [3.05, 3.63) is 101 Å². The summed E-state index contributed by atoms with van der Waals surface area (Å²) in [5.74, 6) is -0.0145. The highest BCUT2D eigenvalue weighted by molar-refractivity contribution is 6.33. The van der Waals surface area contributed by atoms with Gasteiger partial charge in [0.1, 0.15) is 6.61 Å². The van der Waals surface area contributed by atoms with Crippen LogP contribution < -0.4 is 20.3 Å². The second-order valence-corrected chi connectivity index (χ2v) is 8.65. The molecule has 0 aliphatic heterocycles. The Bertz CT molecular complexity index is 1430. The number of aromatic amines is 1. The highest BCUT2D eigenvalue weighted by Gasteiger charge is 2.19. The zero-order valence-electron chi connectivity index (χ0n) is 20.0. The molecule has 1 atom stereocenters. The fourth-order valence-corrected chi connectivity index (χ4v) is 4.15. The maximum atomic E-state index is 13.1. The summed E-state index contributed by atoms with van der Waals surface area (Å²) >= 11 is 6.25. The maximum absolute atomic E-state index is 13.1. The molecule has 1 aromatic heterocycles. The average molecular weight is 520 g/mol. The molecular formula is C28H26ClN3O5. The molecule has 0 saturated carbocycles. The zero-order valence-corrected chi connectivity index (χ0v) is 20.8. The van der Waals surface area contributed by atoms with Gasteiger partial charge in [-0.15, -0.1) is 0 Å². The molecule has 1 heterocycles. The first-order valence-electron chi connectivity index (χ1n) is 11.5. The fraction of sp³-hybridized carbons (Fsp3) is 0.143. The lowest BCUT2D eigenvalue weighted by Crippen LogP contribution is -2.40. The Hall–Kier alpha value is -4.27. The third kappa shape index (κ3) is 6.49. The first-order chi connectivity index (χ1) is 18.0. The molecule has 190 valence electrons. The van der Waals surface area contributed by atoms with Crippen molar-refractivity contribution in [3.63, 3.8) is 0 Å². The van der Waals surface area contributed by atoms with Gasteiger partial charge < -0.3 is 19.8 Å². The molecule has 37 heavy (non-hydrogen) atoms. The third-order valence-corrected chi connectivity index (χ3v) is 6.09. The molecule has 0 unspecified atom stereocenters. The minimum absolute atomic E-state index is 0.161. The summed E-state index contributed by atoms with van der Waals surface area (Å²) in [4.78, 5) is 27.6. The van der Waals surface area contributed by atoms with Crippen LogP contribution in [-0.2, 0) is 11.2 Å². The Morgan fingerprint density at radius 1 is 1.08 bits per heavy atom. The molecule has 4 rings (SSSR count). The second kappa shape index (κ2) is 12.1. The van der Waals surface area contributed by atoms with Gasteiger partial charge in [0, 0.05) is 23.2 Å². The van der Waals surface area contributed by atoms with E-state index in [9.17, 15) is 9.59 Å². The molecule has 8 nitrogen and oxygen atoms in total. The van der Waals surface area contributed by atoms with Crippen molar-refractivity contribution in [2.45, 2.75) is 12.5 Å². The van der Waals surface area contributed by atoms with Crippen molar-refractivity contribution in [2.75, 3.05) is 13.7 Å². The topological polar surface area (TPSA) is 113 Å². The number of methoxy groups -OCH3 is 1. The van der Waals surface area contributed by atoms with E-state index in [-0.39, 0.29) is 18.6 Å². The van der Waals surface area contributed by atoms with Gasteiger partial charge >= 0.3 is 0 Å². The van der Waals surface area contributed by atoms with E-state index in [1.165, 1.54) is 19.3 Å². The van der Waals surface area contributed by atoms with Gasteiger partial charge in [-0.25, -0.2) is 5.48 Å². The number of amides is 2. The lowest BCUT2D eigenvalue weighted by molar-refractivity contribution is -0.124. The van der Waals surface area contributed by atoms with E-state index in [1.54, 1.807) is 47.9 Å². The summed E-state index contributed by atoms with van der Waals surface area (Å²) in [6.07, 6.45) is 5.17. The van der Waals surface area contributed by atoms with Crippen LogP contribution in [0.25, 0.3) is 17.0 Å². The van der Waals surface area contributed by atoms with Crippen LogP contribution in [0.1, 0.15) is 21.5 Å². The molecule has 0 spiro atoms. The molecule has 0 bridgehead atoms. The number of rotatable bonds is 10. The SMILES string of the molecule is COc1cc(/C=C/C(=O)NO)ccc1OC[C@H](Cc1c[nH]c2ccccc12)NC(=O)c1ccccc1Cl. The van der Waals surface area contributed by atoms with Crippen LogP contribution in [0.15, 0.2) is 79.0 Å². The number of nitrogens with one attached hydrogen (secondary N) is 3. The summed E-state index contributed by atoms with van der Waals surface area (Å²) in [6, 6.07) is 19.6. The van der Waals surface area contributed by atoms with E-state index < -0.39 is 5.91 Å². The number of hydrogen-bond acceptors (Lipinski definition) is 5. The van der Waals surface area contributed by atoms with Gasteiger partial charge in [-0.3, -0.25) is 14.8 Å². The molecular weight excluding hydrogens is 494 g/mol. The number of fused-ring (bicyclic) bond motifs is 1. The van der Waals surface area contributed by atoms with Crippen LogP contribution in [0.5, 0.6) is 11.5 Å². The van der Waals surface area contributed by atoms with Gasteiger partial charge in [-0.2, -0.15) is 0 Å². The van der Waals surface area contributed by atoms with Gasteiger partial charge in [0.25, 0.3) is 11.8 Å². The molecule has 2 amide bonds. The Morgan fingerprint density at radius 2 is 1.86 bits per heavy atom. The highest BCUT2D eigenvalue weighted by Crippen LogP contribution is 2.29. The number of carbonyl (C=O) groups is 2. The minimum Gasteiger partial charge on any atom is -0.493 e. The van der Waals surface area contributed by atoms with Gasteiger partial charge in [0.15, 0.2) is 11.5 Å². The number of hydroxylamine groups is 1. The number of carbonyl (C=O) groups excluding carboxylic acids is 2. The Kier molecular flexibility index (Phi) is 8.45. The summed E-state index contributed by atoms with van der Waals surface area (Å²) in [6.45, 7) is 0.161. The van der Waals surface area contributed by atoms with Crippen LogP contribution in [0.3, 0.4) is 0 Å². The molecule has 3 aromatic carbocycles. The van der Waals surface area contributed by atoms with E-state index in [4.69, 9.17) is 26.3 Å². The summed E-state index contributed by atoms with van der Waals surface area (Å²) in [5.41, 5.74) is 4.65. The van der Waals surface area contributed by atoms with E-state index >= 15 is 0 Å². The van der Waals surface area contributed by atoms with Crippen molar-refractivity contribution in [1.82, 2.24) is 15.8 Å². The number of halogens is 1. The molecule has 4 N–H and O–H groups in total. The second-order valence-electron chi connectivity index (χ2n) is 8.24. The largest absolute Gasteiger partial charge is 0.493 e. The number of para-hydroxylation sites is 1. The van der Waals surface area contributed by atoms with Crippen LogP contribution in [0.4, 0.5) is 0 Å². The number of benzene rings is 3. The van der Waals surface area contributed by atoms with E-state index in [0.29, 0.717) is 34.1 Å². The van der Waals surface area contributed by atoms with Crippen molar-refractivity contribution < 1.29 is 24.3 Å². The number of H-pyrrole nitrogens is 1. The van der Waals surface area contributed by atoms with Crippen LogP contribution in [0, 0.1) is 0 Å². The zero-order chi connectivity index (χ0) is 26.2. The van der Waals surface area contributed by atoms with Crippen molar-refractivity contribution in [3.8, 4) is 11.5 Å². The van der Waals surface area contributed by atoms with Crippen LogP contribution >= 0.6 is 11.6 Å². The Balaban J connectivity index is 1.55. The van der Waals surface area contributed by atoms with E-state index in [1.807, 2.05) is 30.5 Å². The molecule has 0 aliphatic carbocycles. The summed E-state index contributed by atoms with van der Waals surface area (Å²) < 4.78 is 11.6. The lowest BCUT2D eigenvalue weighted by Gasteiger charge is -2.21. The predicted molar refractivity (Wildman–Crippen MR) is 142 cm³/mol. The maximum Gasteiger partial charge on any atom is 0.267 e. The fourth-order valence-electron chi connectivity index (χ4n) is 3.93.